The molecule has 148 valence electrons. The minimum Gasteiger partial charge on any atom is -0.497 e. The Morgan fingerprint density at radius 3 is 2.33 bits per heavy atom. The highest BCUT2D eigenvalue weighted by molar-refractivity contribution is 5.85. The molecule has 0 heterocycles. The van der Waals surface area contributed by atoms with Crippen molar-refractivity contribution >= 4 is 18.5 Å². The molecule has 1 atom stereocenters. The molecular weight excluding hydrogens is 368 g/mol. The molecule has 7 heteroatoms. The molecular formula is C20H27ClN2O4. The maximum absolute atomic E-state index is 11.7. The van der Waals surface area contributed by atoms with Gasteiger partial charge >= 0.3 is 6.09 Å². The third-order valence-electron chi connectivity index (χ3n) is 3.91. The van der Waals surface area contributed by atoms with Gasteiger partial charge < -0.3 is 24.4 Å². The molecule has 1 N–H and O–H groups in total. The topological polar surface area (TPSA) is 60.0 Å². The van der Waals surface area contributed by atoms with Crippen molar-refractivity contribution in [3.05, 3.63) is 54.1 Å². The first-order valence-corrected chi connectivity index (χ1v) is 8.46. The Hall–Kier alpha value is -2.44. The fourth-order valence-corrected chi connectivity index (χ4v) is 2.43. The van der Waals surface area contributed by atoms with E-state index >= 15 is 0 Å². The van der Waals surface area contributed by atoms with E-state index < -0.39 is 6.09 Å². The number of ether oxygens (including phenoxy) is 3. The highest BCUT2D eigenvalue weighted by atomic mass is 35.5. The zero-order valence-corrected chi connectivity index (χ0v) is 16.9. The lowest BCUT2D eigenvalue weighted by molar-refractivity contribution is 0.172. The summed E-state index contributed by atoms with van der Waals surface area (Å²) in [7, 11) is 6.84. The van der Waals surface area contributed by atoms with Crippen molar-refractivity contribution in [2.45, 2.75) is 12.5 Å². The molecule has 2 aromatic carbocycles. The molecule has 0 aliphatic heterocycles. The van der Waals surface area contributed by atoms with Gasteiger partial charge in [-0.1, -0.05) is 12.1 Å². The van der Waals surface area contributed by atoms with Crippen molar-refractivity contribution in [1.82, 2.24) is 10.2 Å². The van der Waals surface area contributed by atoms with E-state index in [1.165, 1.54) is 4.90 Å². The number of carbonyl (C=O) groups is 1. The number of nitrogens with one attached hydrogen (secondary N) is 1. The van der Waals surface area contributed by atoms with E-state index in [2.05, 4.69) is 5.32 Å². The zero-order valence-electron chi connectivity index (χ0n) is 16.1. The zero-order chi connectivity index (χ0) is 18.9. The van der Waals surface area contributed by atoms with Gasteiger partial charge in [-0.3, -0.25) is 0 Å². The van der Waals surface area contributed by atoms with Crippen LogP contribution in [0.25, 0.3) is 0 Å². The molecule has 6 nitrogen and oxygen atoms in total. The first kappa shape index (κ1) is 22.6. The number of methoxy groups -OCH3 is 1. The lowest BCUT2D eigenvalue weighted by Crippen LogP contribution is -2.25. The van der Waals surface area contributed by atoms with Gasteiger partial charge in [0.2, 0.25) is 0 Å². The summed E-state index contributed by atoms with van der Waals surface area (Å²) in [5.74, 6) is 2.13. The van der Waals surface area contributed by atoms with Crippen molar-refractivity contribution in [3.63, 3.8) is 0 Å². The van der Waals surface area contributed by atoms with Gasteiger partial charge in [-0.15, -0.1) is 12.4 Å². The highest BCUT2D eigenvalue weighted by Gasteiger charge is 2.12. The normalized spacial score (nSPS) is 11.1. The van der Waals surface area contributed by atoms with Crippen LogP contribution in [0, 0.1) is 0 Å². The van der Waals surface area contributed by atoms with Crippen LogP contribution in [-0.4, -0.2) is 45.9 Å². The number of hydrogen-bond acceptors (Lipinski definition) is 5. The maximum atomic E-state index is 11.7. The average molecular weight is 395 g/mol. The SMILES string of the molecule is CNC(CCOc1ccc(OC)cc1)c1cccc(OC(=O)N(C)C)c1.Cl. The molecule has 1 amide bonds. The Balaban J connectivity index is 0.00000364. The second kappa shape index (κ2) is 11.3. The average Bonchev–Trinajstić information content (AvgIpc) is 2.66. The summed E-state index contributed by atoms with van der Waals surface area (Å²) < 4.78 is 16.3. The molecule has 0 aromatic heterocycles. The molecule has 0 saturated heterocycles. The Labute approximate surface area is 166 Å². The quantitative estimate of drug-likeness (QED) is 0.735. The van der Waals surface area contributed by atoms with Crippen LogP contribution >= 0.6 is 12.4 Å². The molecule has 0 spiro atoms. The molecule has 0 bridgehead atoms. The number of hydrogen-bond donors (Lipinski definition) is 1. The highest BCUT2D eigenvalue weighted by Crippen LogP contribution is 2.23. The maximum Gasteiger partial charge on any atom is 0.414 e. The number of rotatable bonds is 8. The summed E-state index contributed by atoms with van der Waals surface area (Å²) in [6, 6.07) is 15.1. The summed E-state index contributed by atoms with van der Waals surface area (Å²) in [6.45, 7) is 0.555. The van der Waals surface area contributed by atoms with E-state index in [9.17, 15) is 4.79 Å². The summed E-state index contributed by atoms with van der Waals surface area (Å²) in [5, 5.41) is 3.28. The van der Waals surface area contributed by atoms with Gasteiger partial charge in [0.25, 0.3) is 0 Å². The second-order valence-corrected chi connectivity index (χ2v) is 5.99. The van der Waals surface area contributed by atoms with Crippen LogP contribution in [0.4, 0.5) is 4.79 Å². The van der Waals surface area contributed by atoms with E-state index in [-0.39, 0.29) is 18.4 Å². The molecule has 0 radical (unpaired) electrons. The lowest BCUT2D eigenvalue weighted by Gasteiger charge is -2.18. The predicted octanol–water partition coefficient (Wildman–Crippen LogP) is 3.91. The molecule has 0 aliphatic rings. The Morgan fingerprint density at radius 2 is 1.74 bits per heavy atom. The van der Waals surface area contributed by atoms with Gasteiger partial charge in [-0.2, -0.15) is 0 Å². The van der Waals surface area contributed by atoms with Crippen LogP contribution < -0.4 is 19.5 Å². The van der Waals surface area contributed by atoms with E-state index in [1.807, 2.05) is 49.5 Å². The smallest absolute Gasteiger partial charge is 0.414 e. The molecule has 1 unspecified atom stereocenters. The van der Waals surface area contributed by atoms with Crippen molar-refractivity contribution in [3.8, 4) is 17.2 Å². The van der Waals surface area contributed by atoms with Crippen LogP contribution in [0.1, 0.15) is 18.0 Å². The van der Waals surface area contributed by atoms with Gasteiger partial charge in [-0.05, 0) is 49.0 Å². The Kier molecular flexibility index (Phi) is 9.47. The van der Waals surface area contributed by atoms with Crippen molar-refractivity contribution in [2.24, 2.45) is 0 Å². The second-order valence-electron chi connectivity index (χ2n) is 5.99. The first-order chi connectivity index (χ1) is 12.5. The molecule has 2 aromatic rings. The fourth-order valence-electron chi connectivity index (χ4n) is 2.43. The summed E-state index contributed by atoms with van der Waals surface area (Å²) in [4.78, 5) is 13.1. The largest absolute Gasteiger partial charge is 0.497 e. The number of carbonyl (C=O) groups excluding carboxylic acids is 1. The lowest BCUT2D eigenvalue weighted by atomic mass is 10.0. The number of halogens is 1. The predicted molar refractivity (Wildman–Crippen MR) is 108 cm³/mol. The van der Waals surface area contributed by atoms with E-state index in [1.54, 1.807) is 27.3 Å². The number of nitrogens with zero attached hydrogens (tertiary/aromatic N) is 1. The summed E-state index contributed by atoms with van der Waals surface area (Å²) in [6.07, 6.45) is 0.374. The molecule has 0 saturated carbocycles. The van der Waals surface area contributed by atoms with Crippen LogP contribution in [0.2, 0.25) is 0 Å². The molecule has 0 aliphatic carbocycles. The first-order valence-electron chi connectivity index (χ1n) is 8.46. The van der Waals surface area contributed by atoms with E-state index in [0.717, 1.165) is 23.5 Å². The van der Waals surface area contributed by atoms with Crippen molar-refractivity contribution < 1.29 is 19.0 Å². The number of amides is 1. The Morgan fingerprint density at radius 1 is 1.07 bits per heavy atom. The minimum absolute atomic E-state index is 0. The summed E-state index contributed by atoms with van der Waals surface area (Å²) >= 11 is 0. The van der Waals surface area contributed by atoms with Gasteiger partial charge in [0.15, 0.2) is 0 Å². The standard InChI is InChI=1S/C20H26N2O4.ClH/c1-21-19(12-13-25-17-10-8-16(24-4)9-11-17)15-6-5-7-18(14-15)26-20(23)22(2)3;/h5-11,14,19,21H,12-13H2,1-4H3;1H. The van der Waals surface area contributed by atoms with Crippen LogP contribution in [0.15, 0.2) is 48.5 Å². The van der Waals surface area contributed by atoms with Crippen LogP contribution in [-0.2, 0) is 0 Å². The minimum atomic E-state index is -0.397. The van der Waals surface area contributed by atoms with Gasteiger partial charge in [-0.25, -0.2) is 4.79 Å². The van der Waals surface area contributed by atoms with Crippen molar-refractivity contribution in [2.75, 3.05) is 34.9 Å². The van der Waals surface area contributed by atoms with Crippen molar-refractivity contribution in [1.29, 1.82) is 0 Å². The molecule has 0 fully saturated rings. The van der Waals surface area contributed by atoms with Gasteiger partial charge in [0, 0.05) is 26.6 Å². The third-order valence-corrected chi connectivity index (χ3v) is 3.91. The monoisotopic (exact) mass is 394 g/mol. The summed E-state index contributed by atoms with van der Waals surface area (Å²) in [5.41, 5.74) is 1.04. The van der Waals surface area contributed by atoms with E-state index in [0.29, 0.717) is 12.4 Å². The van der Waals surface area contributed by atoms with Gasteiger partial charge in [0.05, 0.1) is 13.7 Å². The Bertz CT molecular complexity index is 707. The van der Waals surface area contributed by atoms with Crippen LogP contribution in [0.3, 0.4) is 0 Å². The number of benzene rings is 2. The molecule has 27 heavy (non-hydrogen) atoms. The third kappa shape index (κ3) is 7.00. The van der Waals surface area contributed by atoms with E-state index in [4.69, 9.17) is 14.2 Å². The molecule has 2 rings (SSSR count). The van der Waals surface area contributed by atoms with Crippen LogP contribution in [0.5, 0.6) is 17.2 Å². The van der Waals surface area contributed by atoms with Gasteiger partial charge in [0.1, 0.15) is 17.2 Å². The fraction of sp³-hybridized carbons (Fsp3) is 0.350.